The van der Waals surface area contributed by atoms with Gasteiger partial charge in [0.05, 0.1) is 12.8 Å². The predicted octanol–water partition coefficient (Wildman–Crippen LogP) is 8.25. The lowest BCUT2D eigenvalue weighted by Gasteiger charge is -2.43. The van der Waals surface area contributed by atoms with Gasteiger partial charge in [-0.1, -0.05) is 52.0 Å². The number of nitrogens with two attached hydrogens (primary N) is 1. The zero-order chi connectivity index (χ0) is 32.1. The largest absolute Gasteiger partial charge is 0.497 e. The summed E-state index contributed by atoms with van der Waals surface area (Å²) in [5.41, 5.74) is 10.8. The van der Waals surface area contributed by atoms with Gasteiger partial charge in [0.15, 0.2) is 6.61 Å². The number of amides is 2. The number of hydrogen-bond acceptors (Lipinski definition) is 5. The first-order valence-corrected chi connectivity index (χ1v) is 15.0. The van der Waals surface area contributed by atoms with Crippen molar-refractivity contribution in [1.82, 2.24) is 5.32 Å². The number of methoxy groups -OCH3 is 1. The molecule has 45 heavy (non-hydrogen) atoms. The summed E-state index contributed by atoms with van der Waals surface area (Å²) in [7, 11) is 1.61. The number of anilines is 3. The molecule has 1 aliphatic rings. The maximum Gasteiger partial charge on any atom is 0.422 e. The Kier molecular flexibility index (Phi) is 11.9. The lowest BCUT2D eigenvalue weighted by atomic mass is 9.72. The van der Waals surface area contributed by atoms with Gasteiger partial charge in [0.2, 0.25) is 0 Å². The molecule has 0 unspecified atom stereocenters. The molecule has 1 saturated heterocycles. The molecule has 0 aliphatic carbocycles. The molecule has 11 heteroatoms. The van der Waals surface area contributed by atoms with Crippen molar-refractivity contribution in [2.24, 2.45) is 0 Å². The molecule has 0 bridgehead atoms. The van der Waals surface area contributed by atoms with Crippen LogP contribution in [0.2, 0.25) is 0 Å². The van der Waals surface area contributed by atoms with Gasteiger partial charge in [-0.25, -0.2) is 4.79 Å². The van der Waals surface area contributed by atoms with Gasteiger partial charge in [-0.3, -0.25) is 0 Å². The molecule has 4 N–H and O–H groups in total. The predicted molar refractivity (Wildman–Crippen MR) is 177 cm³/mol. The highest BCUT2D eigenvalue weighted by atomic mass is 35.5. The van der Waals surface area contributed by atoms with Gasteiger partial charge in [0, 0.05) is 36.4 Å². The highest BCUT2D eigenvalue weighted by Crippen LogP contribution is 2.40. The van der Waals surface area contributed by atoms with E-state index < -0.39 is 18.2 Å². The van der Waals surface area contributed by atoms with Crippen molar-refractivity contribution in [3.8, 4) is 11.5 Å². The number of carbonyl (C=O) groups is 1. The first-order chi connectivity index (χ1) is 20.8. The van der Waals surface area contributed by atoms with E-state index in [1.165, 1.54) is 0 Å². The van der Waals surface area contributed by atoms with Crippen LogP contribution in [0.4, 0.5) is 35.0 Å². The van der Waals surface area contributed by atoms with E-state index in [-0.39, 0.29) is 36.0 Å². The number of nitrogen functional groups attached to an aromatic ring is 1. The summed E-state index contributed by atoms with van der Waals surface area (Å²) in [5.74, 6) is 1.22. The van der Waals surface area contributed by atoms with Crippen LogP contribution in [0, 0.1) is 0 Å². The van der Waals surface area contributed by atoms with E-state index >= 15 is 0 Å². The number of ether oxygens (including phenoxy) is 2. The van der Waals surface area contributed by atoms with E-state index in [1.54, 1.807) is 31.4 Å². The standard InChI is InChI=1S/C34H43F3N4O3.ClH/c1-22(2)27-18-25(38)19-28(23(3)4)31(27)40-32(42)39-20-33(24-9-8-10-26(17-24)43-5)13-15-41(16-14-33)29-11-6-7-12-30(29)44-21-34(35,36)37;/h6-12,17-19,22-23H,13-16,20-21,38H2,1-5H3,(H2,39,40,42);1H. The Bertz CT molecular complexity index is 1410. The quantitative estimate of drug-likeness (QED) is 0.193. The van der Waals surface area contributed by atoms with E-state index in [0.29, 0.717) is 49.6 Å². The maximum atomic E-state index is 13.5. The van der Waals surface area contributed by atoms with Gasteiger partial charge in [0.25, 0.3) is 0 Å². The number of urea groups is 1. The Labute approximate surface area is 270 Å². The molecule has 0 saturated carbocycles. The number of alkyl halides is 3. The molecular weight excluding hydrogens is 605 g/mol. The molecule has 0 radical (unpaired) electrons. The lowest BCUT2D eigenvalue weighted by molar-refractivity contribution is -0.153. The van der Waals surface area contributed by atoms with Crippen LogP contribution in [0.15, 0.2) is 60.7 Å². The van der Waals surface area contributed by atoms with Gasteiger partial charge >= 0.3 is 12.2 Å². The minimum Gasteiger partial charge on any atom is -0.497 e. The molecule has 1 heterocycles. The molecule has 3 aromatic rings. The zero-order valence-electron chi connectivity index (χ0n) is 26.5. The van der Waals surface area contributed by atoms with Gasteiger partial charge < -0.3 is 30.7 Å². The smallest absolute Gasteiger partial charge is 0.422 e. The molecule has 0 spiro atoms. The monoisotopic (exact) mass is 648 g/mol. The van der Waals surface area contributed by atoms with E-state index in [1.807, 2.05) is 41.3 Å². The van der Waals surface area contributed by atoms with Crippen molar-refractivity contribution in [2.75, 3.05) is 49.3 Å². The summed E-state index contributed by atoms with van der Waals surface area (Å²) in [6.45, 7) is 8.39. The van der Waals surface area contributed by atoms with Gasteiger partial charge in [-0.2, -0.15) is 13.2 Å². The summed E-state index contributed by atoms with van der Waals surface area (Å²) in [5, 5.41) is 6.26. The molecular formula is C34H44ClF3N4O3. The Hall–Kier alpha value is -3.79. The fourth-order valence-corrected chi connectivity index (χ4v) is 5.87. The van der Waals surface area contributed by atoms with Crippen LogP contribution in [0.1, 0.15) is 69.1 Å². The van der Waals surface area contributed by atoms with Crippen molar-refractivity contribution < 1.29 is 27.4 Å². The third-order valence-electron chi connectivity index (χ3n) is 8.29. The fourth-order valence-electron chi connectivity index (χ4n) is 5.87. The maximum absolute atomic E-state index is 13.5. The number of benzene rings is 3. The topological polar surface area (TPSA) is 88.8 Å². The number of halogens is 4. The molecule has 3 aromatic carbocycles. The average Bonchev–Trinajstić information content (AvgIpc) is 2.99. The van der Waals surface area contributed by atoms with E-state index in [4.69, 9.17) is 15.2 Å². The number of piperidine rings is 1. The molecule has 4 rings (SSSR count). The first kappa shape index (κ1) is 35.7. The Balaban J connectivity index is 0.00000552. The van der Waals surface area contributed by atoms with Crippen LogP contribution in [-0.2, 0) is 5.41 Å². The summed E-state index contributed by atoms with van der Waals surface area (Å²) in [4.78, 5) is 15.5. The molecule has 2 amide bonds. The third kappa shape index (κ3) is 8.90. The van der Waals surface area contributed by atoms with Crippen molar-refractivity contribution in [3.05, 3.63) is 77.4 Å². The van der Waals surface area contributed by atoms with Crippen LogP contribution in [0.5, 0.6) is 11.5 Å². The number of rotatable bonds is 10. The molecule has 1 fully saturated rings. The minimum absolute atomic E-state index is 0. The molecule has 1 aliphatic heterocycles. The Morgan fingerprint density at radius 3 is 2.18 bits per heavy atom. The van der Waals surface area contributed by atoms with Crippen molar-refractivity contribution in [2.45, 2.75) is 64.0 Å². The number of hydrogen-bond donors (Lipinski definition) is 3. The van der Waals surface area contributed by atoms with Gasteiger partial charge in [-0.15, -0.1) is 12.4 Å². The average molecular weight is 649 g/mol. The van der Waals surface area contributed by atoms with Crippen LogP contribution in [0.25, 0.3) is 0 Å². The third-order valence-corrected chi connectivity index (χ3v) is 8.29. The normalized spacial score (nSPS) is 14.6. The van der Waals surface area contributed by atoms with E-state index in [9.17, 15) is 18.0 Å². The number of para-hydroxylation sites is 2. The van der Waals surface area contributed by atoms with Gasteiger partial charge in [-0.05, 0) is 77.8 Å². The molecule has 246 valence electrons. The van der Waals surface area contributed by atoms with E-state index in [2.05, 4.69) is 38.3 Å². The van der Waals surface area contributed by atoms with Gasteiger partial charge in [0.1, 0.15) is 11.5 Å². The van der Waals surface area contributed by atoms with Crippen LogP contribution >= 0.6 is 12.4 Å². The minimum atomic E-state index is -4.43. The highest BCUT2D eigenvalue weighted by Gasteiger charge is 2.38. The van der Waals surface area contributed by atoms with Crippen molar-refractivity contribution in [1.29, 1.82) is 0 Å². The Morgan fingerprint density at radius 1 is 0.978 bits per heavy atom. The van der Waals surface area contributed by atoms with E-state index in [0.717, 1.165) is 22.4 Å². The van der Waals surface area contributed by atoms with Crippen LogP contribution in [-0.4, -0.2) is 45.6 Å². The van der Waals surface area contributed by atoms with Crippen LogP contribution in [0.3, 0.4) is 0 Å². The summed E-state index contributed by atoms with van der Waals surface area (Å²) in [6, 6.07) is 18.1. The highest BCUT2D eigenvalue weighted by molar-refractivity contribution is 5.92. The second-order valence-corrected chi connectivity index (χ2v) is 12.1. The molecule has 0 aromatic heterocycles. The summed E-state index contributed by atoms with van der Waals surface area (Å²) < 4.78 is 49.4. The number of nitrogens with zero attached hydrogens (tertiary/aromatic N) is 1. The second kappa shape index (κ2) is 15.0. The lowest BCUT2D eigenvalue weighted by Crippen LogP contribution is -2.50. The van der Waals surface area contributed by atoms with Crippen molar-refractivity contribution in [3.63, 3.8) is 0 Å². The zero-order valence-corrected chi connectivity index (χ0v) is 27.3. The Morgan fingerprint density at radius 2 is 1.60 bits per heavy atom. The summed E-state index contributed by atoms with van der Waals surface area (Å²) >= 11 is 0. The number of nitrogens with one attached hydrogen (secondary N) is 2. The molecule has 0 atom stereocenters. The first-order valence-electron chi connectivity index (χ1n) is 15.0. The number of carbonyl (C=O) groups excluding carboxylic acids is 1. The van der Waals surface area contributed by atoms with Crippen molar-refractivity contribution >= 4 is 35.5 Å². The molecule has 7 nitrogen and oxygen atoms in total. The second-order valence-electron chi connectivity index (χ2n) is 12.1. The summed E-state index contributed by atoms with van der Waals surface area (Å²) in [6.07, 6.45) is -3.14. The van der Waals surface area contributed by atoms with Crippen LogP contribution < -0.4 is 30.7 Å². The SMILES string of the molecule is COc1cccc(C2(CNC(=O)Nc3c(C(C)C)cc(N)cc3C(C)C)CCN(c3ccccc3OCC(F)(F)F)CC2)c1.Cl. The fraction of sp³-hybridized carbons (Fsp3) is 0.441.